The predicted molar refractivity (Wildman–Crippen MR) is 97.6 cm³/mol. The molecule has 0 aliphatic heterocycles. The molecule has 0 radical (unpaired) electrons. The third-order valence-corrected chi connectivity index (χ3v) is 4.61. The lowest BCUT2D eigenvalue weighted by Crippen LogP contribution is -2.17. The minimum Gasteiger partial charge on any atom is -0.464 e. The fraction of sp³-hybridized carbons (Fsp3) is 0.312. The van der Waals surface area contributed by atoms with Crippen molar-refractivity contribution in [3.63, 3.8) is 0 Å². The van der Waals surface area contributed by atoms with Gasteiger partial charge in [0, 0.05) is 18.4 Å². The smallest absolute Gasteiger partial charge is 0.433 e. The van der Waals surface area contributed by atoms with E-state index in [1.165, 1.54) is 17.8 Å². The maximum absolute atomic E-state index is 13.3. The first-order valence-corrected chi connectivity index (χ1v) is 8.96. The summed E-state index contributed by atoms with van der Waals surface area (Å²) in [4.78, 5) is 28.6. The zero-order chi connectivity index (χ0) is 21.5. The van der Waals surface area contributed by atoms with Gasteiger partial charge in [0.25, 0.3) is 5.91 Å². The molecule has 0 aliphatic carbocycles. The Bertz CT molecular complexity index is 1120. The fourth-order valence-electron chi connectivity index (χ4n) is 2.56. The van der Waals surface area contributed by atoms with Gasteiger partial charge in [-0.15, -0.1) is 0 Å². The predicted octanol–water partition coefficient (Wildman–Crippen LogP) is 3.07. The summed E-state index contributed by atoms with van der Waals surface area (Å²) in [5.41, 5.74) is -1.59. The van der Waals surface area contributed by atoms with E-state index in [9.17, 15) is 22.8 Å². The molecular weight excluding hydrogens is 461 g/mol. The van der Waals surface area contributed by atoms with E-state index in [2.05, 4.69) is 41.2 Å². The molecule has 9 nitrogen and oxygen atoms in total. The molecule has 3 aromatic heterocycles. The van der Waals surface area contributed by atoms with Crippen LogP contribution in [0.3, 0.4) is 0 Å². The topological polar surface area (TPSA) is 103 Å². The molecule has 0 aliphatic rings. The highest BCUT2D eigenvalue weighted by Crippen LogP contribution is 2.32. The largest absolute Gasteiger partial charge is 0.464 e. The number of carbonyl (C=O) groups excluding carboxylic acids is 2. The molecule has 29 heavy (non-hydrogen) atoms. The molecule has 154 valence electrons. The van der Waals surface area contributed by atoms with Crippen LogP contribution in [0.5, 0.6) is 0 Å². The maximum atomic E-state index is 13.3. The number of esters is 1. The summed E-state index contributed by atoms with van der Waals surface area (Å²) in [6.07, 6.45) is -3.30. The van der Waals surface area contributed by atoms with Crippen molar-refractivity contribution in [1.29, 1.82) is 0 Å². The number of nitrogens with one attached hydrogen (secondary N) is 1. The lowest BCUT2D eigenvalue weighted by molar-refractivity contribution is -0.142. The number of amides is 1. The minimum absolute atomic E-state index is 0.0216. The minimum atomic E-state index is -4.70. The number of nitrogens with zero attached hydrogens (tertiary/aromatic N) is 5. The van der Waals surface area contributed by atoms with E-state index in [1.54, 1.807) is 6.92 Å². The Morgan fingerprint density at radius 3 is 2.55 bits per heavy atom. The number of ether oxygens (including phenoxy) is 1. The first-order valence-electron chi connectivity index (χ1n) is 8.17. The van der Waals surface area contributed by atoms with Crippen LogP contribution in [0.15, 0.2) is 16.7 Å². The van der Waals surface area contributed by atoms with Gasteiger partial charge in [0.1, 0.15) is 5.69 Å². The molecule has 0 atom stereocenters. The summed E-state index contributed by atoms with van der Waals surface area (Å²) in [6.45, 7) is 3.58. The average Bonchev–Trinajstić information content (AvgIpc) is 3.21. The Hall–Kier alpha value is -2.96. The zero-order valence-electron chi connectivity index (χ0n) is 15.3. The van der Waals surface area contributed by atoms with Gasteiger partial charge in [-0.2, -0.15) is 23.4 Å². The second-order valence-corrected chi connectivity index (χ2v) is 6.66. The zero-order valence-corrected chi connectivity index (χ0v) is 16.9. The highest BCUT2D eigenvalue weighted by molar-refractivity contribution is 9.10. The molecule has 0 unspecified atom stereocenters. The number of methoxy groups -OCH3 is 1. The van der Waals surface area contributed by atoms with Crippen LogP contribution in [0.25, 0.3) is 5.65 Å². The van der Waals surface area contributed by atoms with E-state index >= 15 is 0 Å². The van der Waals surface area contributed by atoms with Crippen molar-refractivity contribution in [1.82, 2.24) is 24.4 Å². The third-order valence-electron chi connectivity index (χ3n) is 3.88. The number of fused-ring (bicyclic) bond motifs is 1. The van der Waals surface area contributed by atoms with Crippen LogP contribution in [-0.2, 0) is 17.5 Å². The van der Waals surface area contributed by atoms with Gasteiger partial charge < -0.3 is 10.1 Å². The van der Waals surface area contributed by atoms with Crippen LogP contribution >= 0.6 is 15.9 Å². The van der Waals surface area contributed by atoms with E-state index in [4.69, 9.17) is 0 Å². The number of alkyl halides is 3. The summed E-state index contributed by atoms with van der Waals surface area (Å²) in [5, 5.41) is 10.2. The van der Waals surface area contributed by atoms with E-state index in [1.807, 2.05) is 0 Å². The molecule has 3 aromatic rings. The standard InChI is InChI=1S/C16H14BrF3N6O3/c1-4-25-6-8(11(23-25)15(28)29-3)22-14(27)12-10(17)13-21-7(2)5-9(16(18,19)20)26(13)24-12/h5-6H,4H2,1-3H3,(H,22,27). The van der Waals surface area contributed by atoms with Gasteiger partial charge >= 0.3 is 12.1 Å². The van der Waals surface area contributed by atoms with Gasteiger partial charge in [0.2, 0.25) is 0 Å². The molecule has 3 heterocycles. The molecule has 0 spiro atoms. The molecule has 1 amide bonds. The Kier molecular flexibility index (Phi) is 5.34. The molecule has 3 rings (SSSR count). The number of aromatic nitrogens is 5. The summed E-state index contributed by atoms with van der Waals surface area (Å²) >= 11 is 3.09. The third kappa shape index (κ3) is 3.81. The summed E-state index contributed by atoms with van der Waals surface area (Å²) < 4.78 is 46.6. The van der Waals surface area contributed by atoms with Crippen molar-refractivity contribution in [3.8, 4) is 0 Å². The van der Waals surface area contributed by atoms with E-state index in [0.717, 1.165) is 13.2 Å². The number of rotatable bonds is 4. The number of halogens is 4. The maximum Gasteiger partial charge on any atom is 0.433 e. The molecule has 0 saturated heterocycles. The van der Waals surface area contributed by atoms with Gasteiger partial charge in [-0.25, -0.2) is 14.3 Å². The lowest BCUT2D eigenvalue weighted by Gasteiger charge is -2.09. The molecule has 1 N–H and O–H groups in total. The monoisotopic (exact) mass is 474 g/mol. The van der Waals surface area contributed by atoms with Crippen LogP contribution in [0.2, 0.25) is 0 Å². The molecule has 0 saturated carbocycles. The van der Waals surface area contributed by atoms with Gasteiger partial charge in [0.05, 0.1) is 17.3 Å². The Morgan fingerprint density at radius 2 is 1.97 bits per heavy atom. The SMILES string of the molecule is CCn1cc(NC(=O)c2nn3c(C(F)(F)F)cc(C)nc3c2Br)c(C(=O)OC)n1. The van der Waals surface area contributed by atoms with E-state index < -0.39 is 23.7 Å². The van der Waals surface area contributed by atoms with Gasteiger partial charge in [-0.3, -0.25) is 9.48 Å². The number of hydrogen-bond acceptors (Lipinski definition) is 6. The van der Waals surface area contributed by atoms with Crippen molar-refractivity contribution >= 4 is 39.1 Å². The van der Waals surface area contributed by atoms with Gasteiger partial charge in [0.15, 0.2) is 17.0 Å². The number of carbonyl (C=O) groups is 2. The highest BCUT2D eigenvalue weighted by atomic mass is 79.9. The van der Waals surface area contributed by atoms with Crippen molar-refractivity contribution in [2.75, 3.05) is 12.4 Å². The van der Waals surface area contributed by atoms with Crippen LogP contribution in [0.4, 0.5) is 18.9 Å². The normalized spacial score (nSPS) is 11.7. The quantitative estimate of drug-likeness (QED) is 0.582. The van der Waals surface area contributed by atoms with Gasteiger partial charge in [-0.05, 0) is 35.8 Å². The Morgan fingerprint density at radius 1 is 1.28 bits per heavy atom. The van der Waals surface area contributed by atoms with Crippen molar-refractivity contribution in [2.24, 2.45) is 0 Å². The van der Waals surface area contributed by atoms with Crippen LogP contribution < -0.4 is 5.32 Å². The highest BCUT2D eigenvalue weighted by Gasteiger charge is 2.36. The molecule has 0 bridgehead atoms. The molecule has 0 aromatic carbocycles. The van der Waals surface area contributed by atoms with Crippen LogP contribution in [0, 0.1) is 6.92 Å². The van der Waals surface area contributed by atoms with E-state index in [0.29, 0.717) is 11.1 Å². The summed E-state index contributed by atoms with van der Waals surface area (Å²) in [5.74, 6) is -1.63. The Balaban J connectivity index is 2.06. The number of hydrogen-bond donors (Lipinski definition) is 1. The van der Waals surface area contributed by atoms with Crippen molar-refractivity contribution in [3.05, 3.63) is 39.5 Å². The fourth-order valence-corrected chi connectivity index (χ4v) is 3.08. The Labute approximate surface area is 170 Å². The first-order chi connectivity index (χ1) is 13.6. The van der Waals surface area contributed by atoms with Crippen molar-refractivity contribution in [2.45, 2.75) is 26.6 Å². The lowest BCUT2D eigenvalue weighted by atomic mass is 10.3. The van der Waals surface area contributed by atoms with Crippen LogP contribution in [-0.4, -0.2) is 43.4 Å². The van der Waals surface area contributed by atoms with Gasteiger partial charge in [-0.1, -0.05) is 0 Å². The first kappa shape index (κ1) is 20.8. The second kappa shape index (κ2) is 7.46. The number of anilines is 1. The molecule has 13 heteroatoms. The molecule has 0 fully saturated rings. The molecular formula is C16H14BrF3N6O3. The van der Waals surface area contributed by atoms with Crippen molar-refractivity contribution < 1.29 is 27.5 Å². The van der Waals surface area contributed by atoms with Crippen LogP contribution in [0.1, 0.15) is 39.3 Å². The summed E-state index contributed by atoms with van der Waals surface area (Å²) in [6, 6.07) is 0.828. The van der Waals surface area contributed by atoms with E-state index in [-0.39, 0.29) is 32.9 Å². The summed E-state index contributed by atoms with van der Waals surface area (Å²) in [7, 11) is 1.16. The average molecular weight is 475 g/mol. The second-order valence-electron chi connectivity index (χ2n) is 5.87. The number of aryl methyl sites for hydroxylation is 2.